The smallest absolute Gasteiger partial charge is 0.330 e. The monoisotopic (exact) mass is 279 g/mol. The molecular weight excluding hydrogens is 266 g/mol. The van der Waals surface area contributed by atoms with E-state index in [2.05, 4.69) is 14.8 Å². The molecule has 21 heavy (non-hydrogen) atoms. The Morgan fingerprint density at radius 2 is 2.00 bits per heavy atom. The molecule has 104 valence electrons. The molecule has 0 radical (unpaired) electrons. The fourth-order valence-electron chi connectivity index (χ4n) is 2.06. The number of pyridine rings is 1. The summed E-state index contributed by atoms with van der Waals surface area (Å²) >= 11 is 0. The summed E-state index contributed by atoms with van der Waals surface area (Å²) in [6.45, 7) is 0. The Labute approximate surface area is 121 Å². The number of esters is 1. The number of hydrogen-bond acceptors (Lipinski definition) is 4. The van der Waals surface area contributed by atoms with Crippen LogP contribution in [0.4, 0.5) is 0 Å². The maximum atomic E-state index is 11.2. The maximum Gasteiger partial charge on any atom is 0.330 e. The van der Waals surface area contributed by atoms with Gasteiger partial charge < -0.3 is 4.74 Å². The van der Waals surface area contributed by atoms with E-state index in [4.69, 9.17) is 0 Å². The van der Waals surface area contributed by atoms with Crippen LogP contribution >= 0.6 is 0 Å². The highest BCUT2D eigenvalue weighted by Crippen LogP contribution is 2.21. The fourth-order valence-corrected chi connectivity index (χ4v) is 2.06. The number of para-hydroxylation sites is 1. The van der Waals surface area contributed by atoms with Crippen LogP contribution in [0.3, 0.4) is 0 Å². The van der Waals surface area contributed by atoms with Gasteiger partial charge in [0.25, 0.3) is 0 Å². The van der Waals surface area contributed by atoms with Gasteiger partial charge in [-0.3, -0.25) is 0 Å². The number of rotatable bonds is 3. The van der Waals surface area contributed by atoms with Crippen molar-refractivity contribution in [2.45, 2.75) is 0 Å². The molecule has 5 nitrogen and oxygen atoms in total. The number of carbonyl (C=O) groups excluding carboxylic acids is 1. The van der Waals surface area contributed by atoms with Gasteiger partial charge in [0.1, 0.15) is 0 Å². The van der Waals surface area contributed by atoms with E-state index >= 15 is 0 Å². The van der Waals surface area contributed by atoms with E-state index in [-0.39, 0.29) is 0 Å². The summed E-state index contributed by atoms with van der Waals surface area (Å²) in [5, 5.41) is 5.40. The number of ether oxygens (including phenoxy) is 1. The van der Waals surface area contributed by atoms with Gasteiger partial charge in [-0.25, -0.2) is 14.5 Å². The molecule has 0 bridgehead atoms. The number of benzene rings is 1. The van der Waals surface area contributed by atoms with Crippen LogP contribution in [0, 0.1) is 0 Å². The first-order valence-electron chi connectivity index (χ1n) is 6.45. The second-order valence-electron chi connectivity index (χ2n) is 4.36. The second kappa shape index (κ2) is 5.58. The molecule has 0 N–H and O–H groups in total. The van der Waals surface area contributed by atoms with E-state index in [1.165, 1.54) is 13.2 Å². The van der Waals surface area contributed by atoms with Gasteiger partial charge in [-0.15, -0.1) is 0 Å². The molecule has 0 saturated carbocycles. The highest BCUT2D eigenvalue weighted by atomic mass is 16.5. The third-order valence-electron chi connectivity index (χ3n) is 3.05. The lowest BCUT2D eigenvalue weighted by Crippen LogP contribution is -1.97. The molecule has 0 atom stereocenters. The Kier molecular flexibility index (Phi) is 3.47. The first kappa shape index (κ1) is 13.1. The minimum Gasteiger partial charge on any atom is -0.466 e. The van der Waals surface area contributed by atoms with Crippen molar-refractivity contribution in [3.63, 3.8) is 0 Å². The molecule has 2 heterocycles. The normalized spacial score (nSPS) is 11.1. The van der Waals surface area contributed by atoms with Crippen LogP contribution in [0.2, 0.25) is 0 Å². The molecular formula is C16H13N3O2. The van der Waals surface area contributed by atoms with E-state index in [0.717, 1.165) is 16.7 Å². The van der Waals surface area contributed by atoms with Crippen molar-refractivity contribution in [2.24, 2.45) is 0 Å². The zero-order valence-electron chi connectivity index (χ0n) is 11.4. The molecule has 2 aromatic heterocycles. The summed E-state index contributed by atoms with van der Waals surface area (Å²) in [6.07, 6.45) is 4.71. The highest BCUT2D eigenvalue weighted by Gasteiger charge is 2.10. The van der Waals surface area contributed by atoms with Crippen molar-refractivity contribution >= 4 is 23.1 Å². The predicted octanol–water partition coefficient (Wildman–Crippen LogP) is 2.61. The standard InChI is InChI=1S/C16H13N3O2/c1-21-15(20)10-9-14-13-8-5-11-17-16(13)19(18-14)12-6-3-2-4-7-12/h2-11H,1H3/b10-9+. The van der Waals surface area contributed by atoms with Gasteiger partial charge >= 0.3 is 5.97 Å². The van der Waals surface area contributed by atoms with E-state index < -0.39 is 5.97 Å². The topological polar surface area (TPSA) is 57.0 Å². The van der Waals surface area contributed by atoms with E-state index in [0.29, 0.717) is 5.69 Å². The number of hydrogen-bond donors (Lipinski definition) is 0. The number of carbonyl (C=O) groups is 1. The molecule has 0 aliphatic heterocycles. The van der Waals surface area contributed by atoms with Crippen LogP contribution in [0.5, 0.6) is 0 Å². The third-order valence-corrected chi connectivity index (χ3v) is 3.05. The van der Waals surface area contributed by atoms with Crippen molar-refractivity contribution in [1.29, 1.82) is 0 Å². The van der Waals surface area contributed by atoms with E-state index in [1.54, 1.807) is 17.0 Å². The lowest BCUT2D eigenvalue weighted by atomic mass is 10.2. The van der Waals surface area contributed by atoms with Crippen molar-refractivity contribution in [2.75, 3.05) is 7.11 Å². The first-order valence-corrected chi connectivity index (χ1v) is 6.45. The van der Waals surface area contributed by atoms with Gasteiger partial charge in [0, 0.05) is 17.7 Å². The van der Waals surface area contributed by atoms with Gasteiger partial charge in [-0.1, -0.05) is 18.2 Å². The number of fused-ring (bicyclic) bond motifs is 1. The lowest BCUT2D eigenvalue weighted by molar-refractivity contribution is -0.134. The molecule has 0 spiro atoms. The van der Waals surface area contributed by atoms with Crippen LogP contribution in [0.15, 0.2) is 54.7 Å². The summed E-state index contributed by atoms with van der Waals surface area (Å²) < 4.78 is 6.36. The molecule has 3 aromatic rings. The molecule has 0 unspecified atom stereocenters. The van der Waals surface area contributed by atoms with Gasteiger partial charge in [-0.05, 0) is 30.3 Å². The minimum absolute atomic E-state index is 0.415. The predicted molar refractivity (Wildman–Crippen MR) is 79.9 cm³/mol. The van der Waals surface area contributed by atoms with Gasteiger partial charge in [0.15, 0.2) is 5.65 Å². The molecule has 0 aliphatic carbocycles. The van der Waals surface area contributed by atoms with E-state index in [9.17, 15) is 4.79 Å². The van der Waals surface area contributed by atoms with E-state index in [1.807, 2.05) is 42.5 Å². The van der Waals surface area contributed by atoms with Crippen molar-refractivity contribution < 1.29 is 9.53 Å². The Hall–Kier alpha value is -2.95. The zero-order chi connectivity index (χ0) is 14.7. The lowest BCUT2D eigenvalue weighted by Gasteiger charge is -2.00. The van der Waals surface area contributed by atoms with Crippen LogP contribution in [-0.2, 0) is 9.53 Å². The summed E-state index contributed by atoms with van der Waals surface area (Å²) in [5.74, 6) is -0.415. The quantitative estimate of drug-likeness (QED) is 0.546. The third kappa shape index (κ3) is 2.53. The fraction of sp³-hybridized carbons (Fsp3) is 0.0625. The highest BCUT2D eigenvalue weighted by molar-refractivity contribution is 5.92. The Morgan fingerprint density at radius 3 is 2.76 bits per heavy atom. The average Bonchev–Trinajstić information content (AvgIpc) is 2.92. The largest absolute Gasteiger partial charge is 0.466 e. The summed E-state index contributed by atoms with van der Waals surface area (Å²) in [7, 11) is 1.34. The van der Waals surface area contributed by atoms with Crippen LogP contribution in [0.1, 0.15) is 5.69 Å². The van der Waals surface area contributed by atoms with Crippen molar-refractivity contribution in [1.82, 2.24) is 14.8 Å². The van der Waals surface area contributed by atoms with Gasteiger partial charge in [0.2, 0.25) is 0 Å². The maximum absolute atomic E-state index is 11.2. The Balaban J connectivity index is 2.15. The molecule has 0 aliphatic rings. The average molecular weight is 279 g/mol. The minimum atomic E-state index is -0.415. The molecule has 0 saturated heterocycles. The van der Waals surface area contributed by atoms with Crippen LogP contribution in [0.25, 0.3) is 22.8 Å². The van der Waals surface area contributed by atoms with Crippen LogP contribution in [-0.4, -0.2) is 27.8 Å². The van der Waals surface area contributed by atoms with Crippen molar-refractivity contribution in [3.8, 4) is 5.69 Å². The molecule has 0 fully saturated rings. The molecule has 0 amide bonds. The number of nitrogens with zero attached hydrogens (tertiary/aromatic N) is 3. The molecule has 1 aromatic carbocycles. The molecule has 3 rings (SSSR count). The first-order chi connectivity index (χ1) is 10.3. The summed E-state index contributed by atoms with van der Waals surface area (Å²) in [5.41, 5.74) is 2.33. The Bertz CT molecular complexity index is 807. The van der Waals surface area contributed by atoms with Gasteiger partial charge in [-0.2, -0.15) is 5.10 Å². The summed E-state index contributed by atoms with van der Waals surface area (Å²) in [6, 6.07) is 13.5. The number of aromatic nitrogens is 3. The van der Waals surface area contributed by atoms with Gasteiger partial charge in [0.05, 0.1) is 18.5 Å². The Morgan fingerprint density at radius 1 is 1.19 bits per heavy atom. The SMILES string of the molecule is COC(=O)/C=C/c1nn(-c2ccccc2)c2ncccc12. The summed E-state index contributed by atoms with van der Waals surface area (Å²) in [4.78, 5) is 15.6. The second-order valence-corrected chi connectivity index (χ2v) is 4.36. The zero-order valence-corrected chi connectivity index (χ0v) is 11.4. The molecule has 5 heteroatoms. The number of methoxy groups -OCH3 is 1. The van der Waals surface area contributed by atoms with Crippen LogP contribution < -0.4 is 0 Å². The van der Waals surface area contributed by atoms with Crippen molar-refractivity contribution in [3.05, 3.63) is 60.4 Å².